The largest absolute Gasteiger partial charge is 0.497 e. The van der Waals surface area contributed by atoms with Crippen molar-refractivity contribution in [2.24, 2.45) is 0 Å². The molecule has 0 saturated carbocycles. The molecule has 0 aliphatic heterocycles. The van der Waals surface area contributed by atoms with E-state index in [1.54, 1.807) is 38.3 Å². The molecule has 0 unspecified atom stereocenters. The molecule has 10 heteroatoms. The number of rotatable bonds is 12. The van der Waals surface area contributed by atoms with Gasteiger partial charge in [-0.25, -0.2) is 12.8 Å². The summed E-state index contributed by atoms with van der Waals surface area (Å²) in [7, 11) is -2.37. The van der Waals surface area contributed by atoms with E-state index in [1.807, 2.05) is 13.8 Å². The van der Waals surface area contributed by atoms with Crippen molar-refractivity contribution in [3.05, 3.63) is 59.9 Å². The first kappa shape index (κ1) is 28.1. The second kappa shape index (κ2) is 12.5. The van der Waals surface area contributed by atoms with Crippen LogP contribution in [0.2, 0.25) is 0 Å². The third-order valence-corrected chi connectivity index (χ3v) is 6.81. The van der Waals surface area contributed by atoms with Crippen LogP contribution in [0, 0.1) is 5.82 Å². The maximum Gasteiger partial charge on any atom is 0.244 e. The van der Waals surface area contributed by atoms with Gasteiger partial charge < -0.3 is 15.0 Å². The van der Waals surface area contributed by atoms with Crippen LogP contribution >= 0.6 is 0 Å². The molecule has 0 spiro atoms. The molecule has 0 aliphatic carbocycles. The van der Waals surface area contributed by atoms with Gasteiger partial charge in [0.15, 0.2) is 0 Å². The Kier molecular flexibility index (Phi) is 10.1. The highest BCUT2D eigenvalue weighted by Crippen LogP contribution is 2.21. The minimum atomic E-state index is -3.92. The Morgan fingerprint density at radius 2 is 1.74 bits per heavy atom. The topological polar surface area (TPSA) is 96.0 Å². The molecule has 1 N–H and O–H groups in total. The summed E-state index contributed by atoms with van der Waals surface area (Å²) >= 11 is 0. The van der Waals surface area contributed by atoms with Crippen LogP contribution in [0.4, 0.5) is 10.1 Å². The van der Waals surface area contributed by atoms with Crippen molar-refractivity contribution in [1.82, 2.24) is 10.2 Å². The molecule has 0 heterocycles. The van der Waals surface area contributed by atoms with E-state index in [0.717, 1.165) is 28.6 Å². The summed E-state index contributed by atoms with van der Waals surface area (Å²) in [5, 5.41) is 2.91. The Labute approximate surface area is 207 Å². The zero-order chi connectivity index (χ0) is 26.2. The number of nitrogens with zero attached hydrogens (tertiary/aromatic N) is 2. The molecule has 35 heavy (non-hydrogen) atoms. The van der Waals surface area contributed by atoms with Crippen LogP contribution in [0.15, 0.2) is 48.5 Å². The lowest BCUT2D eigenvalue weighted by Gasteiger charge is -2.33. The van der Waals surface area contributed by atoms with Crippen molar-refractivity contribution in [1.29, 1.82) is 0 Å². The van der Waals surface area contributed by atoms with Gasteiger partial charge in [0, 0.05) is 12.6 Å². The zero-order valence-corrected chi connectivity index (χ0v) is 21.6. The first-order valence-corrected chi connectivity index (χ1v) is 13.3. The highest BCUT2D eigenvalue weighted by molar-refractivity contribution is 7.92. The van der Waals surface area contributed by atoms with Crippen LogP contribution in [0.1, 0.15) is 39.2 Å². The van der Waals surface area contributed by atoms with Crippen LogP contribution in [-0.2, 0) is 26.2 Å². The monoisotopic (exact) mass is 507 g/mol. The van der Waals surface area contributed by atoms with Gasteiger partial charge in [0.05, 0.1) is 19.1 Å². The van der Waals surface area contributed by atoms with Crippen LogP contribution in [0.5, 0.6) is 5.75 Å². The smallest absolute Gasteiger partial charge is 0.244 e. The number of methoxy groups -OCH3 is 1. The van der Waals surface area contributed by atoms with Crippen molar-refractivity contribution in [3.63, 3.8) is 0 Å². The summed E-state index contributed by atoms with van der Waals surface area (Å²) in [5.41, 5.74) is 0.771. The maximum absolute atomic E-state index is 13.8. The third-order valence-electron chi connectivity index (χ3n) is 5.67. The van der Waals surface area contributed by atoms with Crippen molar-refractivity contribution in [3.8, 4) is 5.75 Å². The second-order valence-electron chi connectivity index (χ2n) is 8.36. The van der Waals surface area contributed by atoms with E-state index in [2.05, 4.69) is 5.32 Å². The molecular weight excluding hydrogens is 473 g/mol. The van der Waals surface area contributed by atoms with Crippen molar-refractivity contribution in [2.45, 2.75) is 52.2 Å². The van der Waals surface area contributed by atoms with E-state index in [1.165, 1.54) is 23.1 Å². The quantitative estimate of drug-likeness (QED) is 0.476. The molecule has 2 amide bonds. The Hall–Kier alpha value is -3.14. The number of ether oxygens (including phenoxy) is 1. The fraction of sp³-hybridized carbons (Fsp3) is 0.440. The minimum Gasteiger partial charge on any atom is -0.497 e. The number of hydrogen-bond acceptors (Lipinski definition) is 5. The van der Waals surface area contributed by atoms with Gasteiger partial charge in [-0.1, -0.05) is 32.0 Å². The molecule has 2 atom stereocenters. The Morgan fingerprint density at radius 1 is 1.09 bits per heavy atom. The van der Waals surface area contributed by atoms with Gasteiger partial charge >= 0.3 is 0 Å². The van der Waals surface area contributed by atoms with Gasteiger partial charge in [-0.3, -0.25) is 13.9 Å². The molecule has 0 radical (unpaired) electrons. The van der Waals surface area contributed by atoms with E-state index < -0.39 is 34.3 Å². The summed E-state index contributed by atoms with van der Waals surface area (Å²) in [6.45, 7) is 5.10. The molecule has 0 aromatic heterocycles. The molecule has 0 fully saturated rings. The van der Waals surface area contributed by atoms with E-state index in [9.17, 15) is 22.4 Å². The normalized spacial score (nSPS) is 13.0. The highest BCUT2D eigenvalue weighted by Gasteiger charge is 2.32. The summed E-state index contributed by atoms with van der Waals surface area (Å²) in [6, 6.07) is 11.2. The first-order chi connectivity index (χ1) is 16.5. The number of sulfonamides is 1. The van der Waals surface area contributed by atoms with Gasteiger partial charge in [-0.05, 0) is 55.7 Å². The van der Waals surface area contributed by atoms with Gasteiger partial charge in [-0.15, -0.1) is 0 Å². The van der Waals surface area contributed by atoms with Crippen molar-refractivity contribution >= 4 is 27.5 Å². The van der Waals surface area contributed by atoms with E-state index in [-0.39, 0.29) is 24.2 Å². The van der Waals surface area contributed by atoms with E-state index in [0.29, 0.717) is 12.2 Å². The molecule has 2 rings (SSSR count). The highest BCUT2D eigenvalue weighted by atomic mass is 32.2. The Bertz CT molecular complexity index is 1110. The molecule has 0 aliphatic rings. The van der Waals surface area contributed by atoms with Crippen molar-refractivity contribution in [2.75, 3.05) is 24.2 Å². The summed E-state index contributed by atoms with van der Waals surface area (Å²) in [4.78, 5) is 28.0. The lowest BCUT2D eigenvalue weighted by atomic mass is 10.1. The van der Waals surface area contributed by atoms with Crippen LogP contribution in [0.25, 0.3) is 0 Å². The minimum absolute atomic E-state index is 0.0300. The molecule has 0 saturated heterocycles. The van der Waals surface area contributed by atoms with Crippen LogP contribution in [0.3, 0.4) is 0 Å². The first-order valence-electron chi connectivity index (χ1n) is 11.5. The predicted molar refractivity (Wildman–Crippen MR) is 134 cm³/mol. The van der Waals surface area contributed by atoms with Gasteiger partial charge in [-0.2, -0.15) is 0 Å². The fourth-order valence-corrected chi connectivity index (χ4v) is 4.37. The zero-order valence-electron chi connectivity index (χ0n) is 20.8. The average Bonchev–Trinajstić information content (AvgIpc) is 2.81. The average molecular weight is 508 g/mol. The van der Waals surface area contributed by atoms with Gasteiger partial charge in [0.2, 0.25) is 21.8 Å². The van der Waals surface area contributed by atoms with Crippen LogP contribution in [-0.4, -0.2) is 57.1 Å². The summed E-state index contributed by atoms with van der Waals surface area (Å²) in [6.07, 6.45) is 1.99. The Balaban J connectivity index is 2.43. The lowest BCUT2D eigenvalue weighted by Crippen LogP contribution is -2.53. The molecule has 2 aromatic carbocycles. The molecule has 192 valence electrons. The molecule has 0 bridgehead atoms. The second-order valence-corrected chi connectivity index (χ2v) is 10.3. The SMILES string of the molecule is CC[C@@H](C)NC(=O)[C@@H](CC)N(Cc1ccc(OC)cc1)C(=O)CN(c1cccc(F)c1)S(C)(=O)=O. The maximum atomic E-state index is 13.8. The number of carbonyl (C=O) groups is 2. The van der Waals surface area contributed by atoms with Gasteiger partial charge in [0.1, 0.15) is 24.2 Å². The number of benzene rings is 2. The van der Waals surface area contributed by atoms with E-state index >= 15 is 0 Å². The predicted octanol–water partition coefficient (Wildman–Crippen LogP) is 3.32. The number of halogens is 1. The third kappa shape index (κ3) is 7.95. The number of carbonyl (C=O) groups excluding carboxylic acids is 2. The molecule has 8 nitrogen and oxygen atoms in total. The van der Waals surface area contributed by atoms with Crippen molar-refractivity contribution < 1.29 is 27.1 Å². The number of anilines is 1. The standard InChI is InChI=1S/C25H34FN3O5S/c1-6-18(3)27-25(31)23(7-2)28(16-19-11-13-22(34-4)14-12-19)24(30)17-29(35(5,32)33)21-10-8-9-20(26)15-21/h8-15,18,23H,6-7,16-17H2,1-5H3,(H,27,31)/t18-,23-/m1/s1. The Morgan fingerprint density at radius 3 is 2.26 bits per heavy atom. The number of hydrogen-bond donors (Lipinski definition) is 1. The van der Waals surface area contributed by atoms with Gasteiger partial charge in [0.25, 0.3) is 0 Å². The summed E-state index contributed by atoms with van der Waals surface area (Å²) in [5.74, 6) is -0.886. The number of nitrogens with one attached hydrogen (secondary N) is 1. The summed E-state index contributed by atoms with van der Waals surface area (Å²) < 4.78 is 44.9. The van der Waals surface area contributed by atoms with Crippen LogP contribution < -0.4 is 14.4 Å². The fourth-order valence-electron chi connectivity index (χ4n) is 3.53. The number of amides is 2. The molecular formula is C25H34FN3O5S. The molecule has 2 aromatic rings. The lowest BCUT2D eigenvalue weighted by molar-refractivity contribution is -0.140. The van der Waals surface area contributed by atoms with E-state index in [4.69, 9.17) is 4.74 Å².